The second-order valence-electron chi connectivity index (χ2n) is 5.14. The highest BCUT2D eigenvalue weighted by molar-refractivity contribution is 5.55. The van der Waals surface area contributed by atoms with E-state index in [0.29, 0.717) is 13.2 Å². The van der Waals surface area contributed by atoms with Crippen LogP contribution in [-0.2, 0) is 0 Å². The average molecular weight is 254 g/mol. The molecule has 0 aromatic carbocycles. The highest BCUT2D eigenvalue weighted by atomic mass is 16.4. The topological polar surface area (TPSA) is 43.4 Å². The molecule has 0 aromatic rings. The minimum absolute atomic E-state index is 0.0597. The van der Waals surface area contributed by atoms with Gasteiger partial charge in [0.05, 0.1) is 12.7 Å². The SMILES string of the molecule is CCCCCCCCN1C=C[N+](CC)(C(=O)[O-])C1. The second-order valence-corrected chi connectivity index (χ2v) is 5.14. The molecule has 0 saturated carbocycles. The number of carbonyl (C=O) groups is 1. The highest BCUT2D eigenvalue weighted by Gasteiger charge is 2.32. The first-order valence-electron chi connectivity index (χ1n) is 7.16. The number of hydrogen-bond acceptors (Lipinski definition) is 3. The predicted molar refractivity (Wildman–Crippen MR) is 70.3 cm³/mol. The maximum absolute atomic E-state index is 11.1. The number of quaternary nitrogens is 1. The molecule has 0 aromatic heterocycles. The Morgan fingerprint density at radius 1 is 1.22 bits per heavy atom. The van der Waals surface area contributed by atoms with Gasteiger partial charge in [-0.15, -0.1) is 0 Å². The maximum atomic E-state index is 11.1. The van der Waals surface area contributed by atoms with Gasteiger partial charge in [-0.25, -0.2) is 4.48 Å². The van der Waals surface area contributed by atoms with Crippen LogP contribution in [0.4, 0.5) is 4.79 Å². The van der Waals surface area contributed by atoms with Crippen molar-refractivity contribution >= 4 is 6.09 Å². The van der Waals surface area contributed by atoms with E-state index < -0.39 is 6.09 Å². The zero-order valence-electron chi connectivity index (χ0n) is 11.7. The smallest absolute Gasteiger partial charge is 0.263 e. The standard InChI is InChI=1S/C14H26N2O2/c1-3-5-6-7-8-9-10-15-11-12-16(4-2,13-15)14(17)18/h11-12H,3-10,13H2,1-2H3. The Morgan fingerprint density at radius 3 is 2.44 bits per heavy atom. The van der Waals surface area contributed by atoms with Gasteiger partial charge in [0, 0.05) is 6.54 Å². The maximum Gasteiger partial charge on any atom is 0.263 e. The van der Waals surface area contributed by atoms with Gasteiger partial charge >= 0.3 is 0 Å². The molecular formula is C14H26N2O2. The lowest BCUT2D eigenvalue weighted by molar-refractivity contribution is -0.828. The van der Waals surface area contributed by atoms with Crippen molar-refractivity contribution in [2.45, 2.75) is 52.4 Å². The van der Waals surface area contributed by atoms with Gasteiger partial charge in [-0.2, -0.15) is 0 Å². The molecule has 4 nitrogen and oxygen atoms in total. The molecule has 18 heavy (non-hydrogen) atoms. The summed E-state index contributed by atoms with van der Waals surface area (Å²) in [6.45, 7) is 6.13. The number of hydrogen-bond donors (Lipinski definition) is 0. The number of unbranched alkanes of at least 4 members (excludes halogenated alkanes) is 5. The molecule has 0 bridgehead atoms. The number of carboxylic acid groups (broad SMARTS) is 1. The molecule has 0 fully saturated rings. The zero-order valence-corrected chi connectivity index (χ0v) is 11.7. The van der Waals surface area contributed by atoms with Crippen molar-refractivity contribution in [3.05, 3.63) is 12.4 Å². The summed E-state index contributed by atoms with van der Waals surface area (Å²) in [6, 6.07) is 0. The van der Waals surface area contributed by atoms with Crippen LogP contribution in [0.3, 0.4) is 0 Å². The lowest BCUT2D eigenvalue weighted by Crippen LogP contribution is -2.55. The molecule has 0 aliphatic carbocycles. The largest absolute Gasteiger partial charge is 0.498 e. The van der Waals surface area contributed by atoms with Crippen LogP contribution in [0.15, 0.2) is 12.4 Å². The van der Waals surface area contributed by atoms with Crippen LogP contribution in [0, 0.1) is 0 Å². The summed E-state index contributed by atoms with van der Waals surface area (Å²) in [4.78, 5) is 13.2. The van der Waals surface area contributed by atoms with Gasteiger partial charge in [0.25, 0.3) is 6.09 Å². The Morgan fingerprint density at radius 2 is 1.89 bits per heavy atom. The third-order valence-corrected chi connectivity index (χ3v) is 3.72. The van der Waals surface area contributed by atoms with Crippen molar-refractivity contribution in [2.24, 2.45) is 0 Å². The van der Waals surface area contributed by atoms with Gasteiger partial charge in [0.1, 0.15) is 6.20 Å². The van der Waals surface area contributed by atoms with E-state index in [0.717, 1.165) is 13.0 Å². The molecule has 1 atom stereocenters. The molecule has 104 valence electrons. The van der Waals surface area contributed by atoms with Crippen LogP contribution >= 0.6 is 0 Å². The molecule has 1 rings (SSSR count). The molecule has 1 aliphatic heterocycles. The Balaban J connectivity index is 2.19. The lowest BCUT2D eigenvalue weighted by atomic mass is 10.1. The first kappa shape index (κ1) is 15.0. The van der Waals surface area contributed by atoms with Crippen LogP contribution in [0.5, 0.6) is 0 Å². The monoisotopic (exact) mass is 254 g/mol. The Kier molecular flexibility index (Phi) is 6.19. The quantitative estimate of drug-likeness (QED) is 0.493. The van der Waals surface area contributed by atoms with Crippen molar-refractivity contribution in [1.82, 2.24) is 4.90 Å². The third-order valence-electron chi connectivity index (χ3n) is 3.72. The summed E-state index contributed by atoms with van der Waals surface area (Å²) in [5, 5.41) is 11.1. The minimum atomic E-state index is -1.00. The van der Waals surface area contributed by atoms with E-state index in [1.807, 2.05) is 13.1 Å². The molecule has 0 spiro atoms. The minimum Gasteiger partial charge on any atom is -0.498 e. The molecule has 0 radical (unpaired) electrons. The van der Waals surface area contributed by atoms with E-state index in [9.17, 15) is 9.90 Å². The van der Waals surface area contributed by atoms with E-state index >= 15 is 0 Å². The van der Waals surface area contributed by atoms with Crippen molar-refractivity contribution in [1.29, 1.82) is 0 Å². The third kappa shape index (κ3) is 4.02. The predicted octanol–water partition coefficient (Wildman–Crippen LogP) is 2.27. The van der Waals surface area contributed by atoms with Crippen LogP contribution in [0.2, 0.25) is 0 Å². The summed E-state index contributed by atoms with van der Waals surface area (Å²) in [5.74, 6) is 0. The summed E-state index contributed by atoms with van der Waals surface area (Å²) >= 11 is 0. The molecule has 4 heteroatoms. The fourth-order valence-electron chi connectivity index (χ4n) is 2.33. The molecule has 1 unspecified atom stereocenters. The van der Waals surface area contributed by atoms with Gasteiger partial charge < -0.3 is 14.8 Å². The van der Waals surface area contributed by atoms with Crippen LogP contribution in [-0.4, -0.2) is 35.2 Å². The van der Waals surface area contributed by atoms with E-state index in [1.165, 1.54) is 32.1 Å². The number of amides is 1. The fraction of sp³-hybridized carbons (Fsp3) is 0.786. The van der Waals surface area contributed by atoms with Crippen LogP contribution < -0.4 is 5.11 Å². The first-order chi connectivity index (χ1) is 8.64. The molecule has 0 N–H and O–H groups in total. The Labute approximate surface area is 110 Å². The van der Waals surface area contributed by atoms with Crippen molar-refractivity contribution in [2.75, 3.05) is 19.8 Å². The number of rotatable bonds is 8. The number of carbonyl (C=O) groups excluding carboxylic acids is 1. The second kappa shape index (κ2) is 7.41. The van der Waals surface area contributed by atoms with Gasteiger partial charge in [-0.05, 0) is 13.3 Å². The normalized spacial score (nSPS) is 22.7. The lowest BCUT2D eigenvalue weighted by Gasteiger charge is -2.31. The Hall–Kier alpha value is -1.03. The Bertz CT molecular complexity index is 292. The average Bonchev–Trinajstić information content (AvgIpc) is 2.78. The van der Waals surface area contributed by atoms with Gasteiger partial charge in [-0.1, -0.05) is 39.0 Å². The van der Waals surface area contributed by atoms with Gasteiger partial charge in [-0.3, -0.25) is 0 Å². The molecule has 0 saturated heterocycles. The van der Waals surface area contributed by atoms with E-state index in [2.05, 4.69) is 11.8 Å². The van der Waals surface area contributed by atoms with Crippen molar-refractivity contribution in [3.63, 3.8) is 0 Å². The highest BCUT2D eigenvalue weighted by Crippen LogP contribution is 2.18. The molecule has 1 amide bonds. The van der Waals surface area contributed by atoms with Gasteiger partial charge in [0.2, 0.25) is 0 Å². The van der Waals surface area contributed by atoms with Gasteiger partial charge in [0.15, 0.2) is 6.67 Å². The van der Waals surface area contributed by atoms with Crippen molar-refractivity contribution in [3.8, 4) is 0 Å². The zero-order chi connectivity index (χ0) is 13.4. The molecule has 1 aliphatic rings. The summed E-state index contributed by atoms with van der Waals surface area (Å²) in [6.07, 6.45) is 10.2. The first-order valence-corrected chi connectivity index (χ1v) is 7.16. The molecular weight excluding hydrogens is 228 g/mol. The summed E-state index contributed by atoms with van der Waals surface area (Å²) in [5.41, 5.74) is 0. The van der Waals surface area contributed by atoms with Crippen LogP contribution in [0.1, 0.15) is 52.4 Å². The summed E-state index contributed by atoms with van der Waals surface area (Å²) in [7, 11) is 0. The van der Waals surface area contributed by atoms with E-state index in [-0.39, 0.29) is 4.48 Å². The summed E-state index contributed by atoms with van der Waals surface area (Å²) < 4.78 is -0.0597. The fourth-order valence-corrected chi connectivity index (χ4v) is 2.33. The van der Waals surface area contributed by atoms with Crippen LogP contribution in [0.25, 0.3) is 0 Å². The van der Waals surface area contributed by atoms with E-state index in [1.54, 1.807) is 6.20 Å². The molecule has 1 heterocycles. The van der Waals surface area contributed by atoms with Crippen molar-refractivity contribution < 1.29 is 14.4 Å². The van der Waals surface area contributed by atoms with E-state index in [4.69, 9.17) is 0 Å². The number of nitrogens with zero attached hydrogens (tertiary/aromatic N) is 2.